The van der Waals surface area contributed by atoms with Crippen LogP contribution in [-0.2, 0) is 5.41 Å². The molecule has 0 bridgehead atoms. The van der Waals surface area contributed by atoms with Crippen LogP contribution in [-0.4, -0.2) is 4.57 Å². The lowest BCUT2D eigenvalue weighted by atomic mass is 9.66. The largest absolute Gasteiger partial charge is 0.457 e. The van der Waals surface area contributed by atoms with Gasteiger partial charge in [-0.05, 0) is 98.8 Å². The molecule has 0 atom stereocenters. The summed E-state index contributed by atoms with van der Waals surface area (Å²) in [5.41, 5.74) is 13.0. The van der Waals surface area contributed by atoms with Crippen molar-refractivity contribution in [3.05, 3.63) is 198 Å². The SMILES string of the molecule is c1ccc(-n2c3ccc(-c4ccc5c(c4)C4(c6ccccc6O5)c5ccccc5-c5ccccc54)cc3c3cc4ccccc4cc32)cc1. The van der Waals surface area contributed by atoms with Crippen LogP contribution in [0.3, 0.4) is 0 Å². The lowest BCUT2D eigenvalue weighted by Gasteiger charge is -2.39. The Morgan fingerprint density at radius 2 is 0.959 bits per heavy atom. The number of hydrogen-bond donors (Lipinski definition) is 0. The molecule has 2 heterocycles. The second-order valence-electron chi connectivity index (χ2n) is 13.3. The van der Waals surface area contributed by atoms with Gasteiger partial charge in [0.2, 0.25) is 0 Å². The Bertz CT molecular complexity index is 2760. The van der Waals surface area contributed by atoms with Crippen LogP contribution in [0, 0.1) is 0 Å². The Morgan fingerprint density at radius 1 is 0.388 bits per heavy atom. The van der Waals surface area contributed by atoms with E-state index in [1.165, 1.54) is 77.1 Å². The van der Waals surface area contributed by atoms with Crippen LogP contribution in [0.2, 0.25) is 0 Å². The number of aromatic nitrogens is 1. The van der Waals surface area contributed by atoms with Crippen molar-refractivity contribution in [2.45, 2.75) is 5.41 Å². The molecule has 1 aliphatic carbocycles. The summed E-state index contributed by atoms with van der Waals surface area (Å²) < 4.78 is 9.11. The van der Waals surface area contributed by atoms with Crippen molar-refractivity contribution >= 4 is 32.6 Å². The monoisotopic (exact) mass is 623 g/mol. The number of nitrogens with zero attached hydrogens (tertiary/aromatic N) is 1. The molecule has 2 heteroatoms. The Hall–Kier alpha value is -6.38. The minimum Gasteiger partial charge on any atom is -0.457 e. The van der Waals surface area contributed by atoms with Crippen LogP contribution >= 0.6 is 0 Å². The van der Waals surface area contributed by atoms with Gasteiger partial charge in [0.05, 0.1) is 16.4 Å². The van der Waals surface area contributed by atoms with Gasteiger partial charge in [-0.3, -0.25) is 0 Å². The second kappa shape index (κ2) is 9.82. The van der Waals surface area contributed by atoms with E-state index in [4.69, 9.17) is 4.74 Å². The zero-order valence-corrected chi connectivity index (χ0v) is 26.6. The maximum absolute atomic E-state index is 6.70. The van der Waals surface area contributed by atoms with Crippen molar-refractivity contribution < 1.29 is 4.74 Å². The smallest absolute Gasteiger partial charge is 0.132 e. The molecule has 1 aromatic heterocycles. The van der Waals surface area contributed by atoms with Gasteiger partial charge in [0.25, 0.3) is 0 Å². The first-order chi connectivity index (χ1) is 24.3. The van der Waals surface area contributed by atoms with E-state index in [-0.39, 0.29) is 0 Å². The first-order valence-electron chi connectivity index (χ1n) is 16.9. The van der Waals surface area contributed by atoms with E-state index in [1.54, 1.807) is 0 Å². The molecular weight excluding hydrogens is 595 g/mol. The molecular formula is C47H29NO. The van der Waals surface area contributed by atoms with Crippen molar-refractivity contribution in [1.29, 1.82) is 0 Å². The molecule has 1 spiro atoms. The van der Waals surface area contributed by atoms with Crippen molar-refractivity contribution in [3.63, 3.8) is 0 Å². The van der Waals surface area contributed by atoms with Crippen LogP contribution in [0.4, 0.5) is 0 Å². The summed E-state index contributed by atoms with van der Waals surface area (Å²) >= 11 is 0. The molecule has 2 aliphatic rings. The first-order valence-corrected chi connectivity index (χ1v) is 16.9. The molecule has 0 amide bonds. The molecule has 2 nitrogen and oxygen atoms in total. The zero-order valence-electron chi connectivity index (χ0n) is 26.6. The molecule has 11 rings (SSSR count). The van der Waals surface area contributed by atoms with Crippen LogP contribution in [0.15, 0.2) is 176 Å². The van der Waals surface area contributed by atoms with Gasteiger partial charge >= 0.3 is 0 Å². The number of hydrogen-bond acceptors (Lipinski definition) is 1. The zero-order chi connectivity index (χ0) is 32.1. The lowest BCUT2D eigenvalue weighted by Crippen LogP contribution is -2.32. The van der Waals surface area contributed by atoms with E-state index >= 15 is 0 Å². The average molecular weight is 624 g/mol. The van der Waals surface area contributed by atoms with E-state index in [0.29, 0.717) is 0 Å². The number of para-hydroxylation sites is 2. The molecule has 9 aromatic rings. The van der Waals surface area contributed by atoms with Gasteiger partial charge in [-0.1, -0.05) is 121 Å². The third-order valence-electron chi connectivity index (χ3n) is 10.8. The molecule has 0 saturated carbocycles. The Kier molecular flexibility index (Phi) is 5.34. The van der Waals surface area contributed by atoms with E-state index in [0.717, 1.165) is 17.2 Å². The molecule has 0 unspecified atom stereocenters. The standard InChI is InChI=1S/C47H29NO/c1-2-14-34(15-3-1)48-43-24-22-32(27-37(43)38-26-30-12-4-5-13-31(30)29-44(38)48)33-23-25-46-42(28-33)47(41-20-10-11-21-45(41)49-46)39-18-8-6-16-35(39)36-17-7-9-19-40(36)47/h1-29H. The number of ether oxygens (including phenoxy) is 1. The van der Waals surface area contributed by atoms with Crippen LogP contribution in [0.5, 0.6) is 11.5 Å². The fourth-order valence-electron chi connectivity index (χ4n) is 8.78. The molecule has 1 aliphatic heterocycles. The summed E-state index contributed by atoms with van der Waals surface area (Å²) in [7, 11) is 0. The average Bonchev–Trinajstić information content (AvgIpc) is 3.64. The van der Waals surface area contributed by atoms with E-state index in [9.17, 15) is 0 Å². The maximum Gasteiger partial charge on any atom is 0.132 e. The highest BCUT2D eigenvalue weighted by Gasteiger charge is 2.50. The molecule has 0 fully saturated rings. The molecule has 0 radical (unpaired) electrons. The van der Waals surface area contributed by atoms with E-state index in [1.807, 2.05) is 0 Å². The van der Waals surface area contributed by atoms with E-state index in [2.05, 4.69) is 180 Å². The first kappa shape index (κ1) is 26.7. The summed E-state index contributed by atoms with van der Waals surface area (Å²) in [4.78, 5) is 0. The Morgan fingerprint density at radius 3 is 1.73 bits per heavy atom. The van der Waals surface area contributed by atoms with Crippen LogP contribution in [0.1, 0.15) is 22.3 Å². The number of fused-ring (bicyclic) bond motifs is 13. The quantitative estimate of drug-likeness (QED) is 0.187. The predicted molar refractivity (Wildman–Crippen MR) is 201 cm³/mol. The van der Waals surface area contributed by atoms with Gasteiger partial charge in [-0.2, -0.15) is 0 Å². The molecule has 0 saturated heterocycles. The predicted octanol–water partition coefficient (Wildman–Crippen LogP) is 12.1. The summed E-state index contributed by atoms with van der Waals surface area (Å²) in [6.07, 6.45) is 0. The molecule has 49 heavy (non-hydrogen) atoms. The summed E-state index contributed by atoms with van der Waals surface area (Å²) in [5, 5.41) is 4.99. The fraction of sp³-hybridized carbons (Fsp3) is 0.0213. The molecule has 228 valence electrons. The van der Waals surface area contributed by atoms with Gasteiger partial charge in [0, 0.05) is 27.6 Å². The van der Waals surface area contributed by atoms with Crippen LogP contribution in [0.25, 0.3) is 60.5 Å². The Balaban J connectivity index is 1.18. The van der Waals surface area contributed by atoms with Crippen molar-refractivity contribution in [1.82, 2.24) is 4.57 Å². The molecule has 8 aromatic carbocycles. The van der Waals surface area contributed by atoms with Gasteiger partial charge in [0.1, 0.15) is 11.5 Å². The minimum atomic E-state index is -0.486. The van der Waals surface area contributed by atoms with Gasteiger partial charge < -0.3 is 9.30 Å². The number of rotatable bonds is 2. The second-order valence-corrected chi connectivity index (χ2v) is 13.3. The summed E-state index contributed by atoms with van der Waals surface area (Å²) in [5.74, 6) is 1.82. The van der Waals surface area contributed by atoms with Gasteiger partial charge in [-0.25, -0.2) is 0 Å². The third-order valence-corrected chi connectivity index (χ3v) is 10.8. The summed E-state index contributed by atoms with van der Waals surface area (Å²) in [6.45, 7) is 0. The minimum absolute atomic E-state index is 0.486. The van der Waals surface area contributed by atoms with E-state index < -0.39 is 5.41 Å². The molecule has 0 N–H and O–H groups in total. The van der Waals surface area contributed by atoms with Gasteiger partial charge in [0.15, 0.2) is 0 Å². The highest BCUT2D eigenvalue weighted by Crippen LogP contribution is 2.62. The topological polar surface area (TPSA) is 14.2 Å². The lowest BCUT2D eigenvalue weighted by molar-refractivity contribution is 0.436. The summed E-state index contributed by atoms with van der Waals surface area (Å²) in [6, 6.07) is 64.2. The van der Waals surface area contributed by atoms with Crippen molar-refractivity contribution in [3.8, 4) is 39.4 Å². The van der Waals surface area contributed by atoms with Crippen molar-refractivity contribution in [2.75, 3.05) is 0 Å². The fourth-order valence-corrected chi connectivity index (χ4v) is 8.78. The third kappa shape index (κ3) is 3.55. The highest BCUT2D eigenvalue weighted by molar-refractivity contribution is 6.14. The maximum atomic E-state index is 6.70. The number of benzene rings is 8. The van der Waals surface area contributed by atoms with Gasteiger partial charge in [-0.15, -0.1) is 0 Å². The van der Waals surface area contributed by atoms with Crippen LogP contribution < -0.4 is 4.74 Å². The van der Waals surface area contributed by atoms with Crippen molar-refractivity contribution in [2.24, 2.45) is 0 Å². The Labute approximate surface area is 284 Å². The highest BCUT2D eigenvalue weighted by atomic mass is 16.5. The normalized spacial score (nSPS) is 13.6.